The highest BCUT2D eigenvalue weighted by Crippen LogP contribution is 2.42. The third-order valence-electron chi connectivity index (χ3n) is 6.24. The smallest absolute Gasteiger partial charge is 0.475 e. The first-order chi connectivity index (χ1) is 17.0. The minimum atomic E-state index is -5.08. The van der Waals surface area contributed by atoms with Crippen LogP contribution in [0.2, 0.25) is 0 Å². The lowest BCUT2D eigenvalue weighted by Gasteiger charge is -2.24. The second-order valence-electron chi connectivity index (χ2n) is 8.80. The largest absolute Gasteiger partial charge is 0.490 e. The van der Waals surface area contributed by atoms with Gasteiger partial charge in [-0.3, -0.25) is 9.59 Å². The molecule has 2 aliphatic heterocycles. The number of likely N-dealkylation sites (tertiary alicyclic amines) is 1. The van der Waals surface area contributed by atoms with Gasteiger partial charge in [-0.2, -0.15) is 13.2 Å². The third-order valence-corrected chi connectivity index (χ3v) is 6.24. The molecule has 188 valence electrons. The monoisotopic (exact) mass is 503 g/mol. The van der Waals surface area contributed by atoms with Crippen molar-refractivity contribution in [3.8, 4) is 0 Å². The molecule has 2 aliphatic rings. The number of carboxylic acids is 1. The number of hydrogen-bond donors (Lipinski definition) is 1. The average molecular weight is 503 g/mol. The molecule has 0 radical (unpaired) electrons. The number of aromatic nitrogens is 1. The molecule has 5 rings (SSSR count). The number of pyridine rings is 1. The van der Waals surface area contributed by atoms with Crippen LogP contribution in [0.15, 0.2) is 60.7 Å². The summed E-state index contributed by atoms with van der Waals surface area (Å²) in [5, 5.41) is 8.12. The second kappa shape index (κ2) is 9.56. The molecule has 0 bridgehead atoms. The number of alkyl halides is 3. The van der Waals surface area contributed by atoms with Gasteiger partial charge in [0.15, 0.2) is 0 Å². The summed E-state index contributed by atoms with van der Waals surface area (Å²) in [5.41, 5.74) is 1.68. The molecule has 2 amide bonds. The van der Waals surface area contributed by atoms with Gasteiger partial charge in [-0.25, -0.2) is 14.2 Å². The van der Waals surface area contributed by atoms with E-state index >= 15 is 0 Å². The van der Waals surface area contributed by atoms with Crippen LogP contribution >= 0.6 is 0 Å². The molecular formula is C25H21F4N3O4. The lowest BCUT2D eigenvalue weighted by Crippen LogP contribution is -2.34. The molecule has 2 saturated heterocycles. The Morgan fingerprint density at radius 3 is 2.31 bits per heavy atom. The van der Waals surface area contributed by atoms with Gasteiger partial charge in [0.05, 0.1) is 5.52 Å². The van der Waals surface area contributed by atoms with Crippen molar-refractivity contribution in [1.82, 2.24) is 9.88 Å². The molecule has 36 heavy (non-hydrogen) atoms. The second-order valence-corrected chi connectivity index (χ2v) is 8.80. The highest BCUT2D eigenvalue weighted by molar-refractivity contribution is 5.97. The molecule has 1 spiro atoms. The number of nitrogens with zero attached hydrogens (tertiary/aromatic N) is 3. The van der Waals surface area contributed by atoms with Gasteiger partial charge in [-0.05, 0) is 42.8 Å². The molecule has 7 nitrogen and oxygen atoms in total. The molecule has 1 N–H and O–H groups in total. The van der Waals surface area contributed by atoms with Crippen LogP contribution < -0.4 is 4.90 Å². The summed E-state index contributed by atoms with van der Waals surface area (Å²) in [4.78, 5) is 42.6. The lowest BCUT2D eigenvalue weighted by molar-refractivity contribution is -0.192. The zero-order valence-electron chi connectivity index (χ0n) is 18.8. The number of carboxylic acid groups (broad SMARTS) is 1. The molecule has 1 atom stereocenters. The summed E-state index contributed by atoms with van der Waals surface area (Å²) in [7, 11) is 0. The zero-order chi connectivity index (χ0) is 26.1. The van der Waals surface area contributed by atoms with E-state index in [1.165, 1.54) is 12.1 Å². The minimum absolute atomic E-state index is 0.0229. The van der Waals surface area contributed by atoms with Crippen LogP contribution in [-0.4, -0.2) is 58.6 Å². The van der Waals surface area contributed by atoms with Gasteiger partial charge < -0.3 is 14.9 Å². The minimum Gasteiger partial charge on any atom is -0.475 e. The SMILES string of the molecule is O=C(O)C(F)(F)F.O=C(c1ccc2ccccc2n1)N1CCC2(CC(=O)N(c3ccc(F)cc3)C2)C1. The van der Waals surface area contributed by atoms with Crippen molar-refractivity contribution in [3.05, 3.63) is 72.2 Å². The first-order valence-electron chi connectivity index (χ1n) is 11.0. The Morgan fingerprint density at radius 1 is 0.972 bits per heavy atom. The molecule has 3 heterocycles. The average Bonchev–Trinajstić information content (AvgIpc) is 3.40. The Morgan fingerprint density at radius 2 is 1.64 bits per heavy atom. The number of para-hydroxylation sites is 1. The number of aliphatic carboxylic acids is 1. The number of hydrogen-bond acceptors (Lipinski definition) is 4. The fourth-order valence-corrected chi connectivity index (χ4v) is 4.48. The standard InChI is InChI=1S/C23H20FN3O2.C2HF3O2/c24-17-6-8-18(9-7-17)27-15-23(13-21(27)28)11-12-26(14-23)22(29)20-10-5-16-3-1-2-4-19(16)25-20;3-2(4,5)1(6)7/h1-10H,11-15H2;(H,6,7). The van der Waals surface area contributed by atoms with Crippen LogP contribution in [0.3, 0.4) is 0 Å². The Hall–Kier alpha value is -4.02. The Balaban J connectivity index is 0.000000384. The van der Waals surface area contributed by atoms with Crippen LogP contribution in [0.25, 0.3) is 10.9 Å². The number of carbonyl (C=O) groups is 3. The van der Waals surface area contributed by atoms with Gasteiger partial charge in [-0.15, -0.1) is 0 Å². The normalized spacial score (nSPS) is 19.5. The number of halogens is 4. The van der Waals surface area contributed by atoms with Crippen LogP contribution in [0.4, 0.5) is 23.2 Å². The van der Waals surface area contributed by atoms with Gasteiger partial charge in [0.2, 0.25) is 5.91 Å². The highest BCUT2D eigenvalue weighted by Gasteiger charge is 2.49. The van der Waals surface area contributed by atoms with Gasteiger partial charge in [0.1, 0.15) is 11.5 Å². The Bertz CT molecular complexity index is 1310. The third kappa shape index (κ3) is 5.29. The summed E-state index contributed by atoms with van der Waals surface area (Å²) in [6.45, 7) is 1.69. The van der Waals surface area contributed by atoms with Crippen molar-refractivity contribution in [2.75, 3.05) is 24.5 Å². The van der Waals surface area contributed by atoms with E-state index in [2.05, 4.69) is 4.98 Å². The van der Waals surface area contributed by atoms with Crippen LogP contribution in [0, 0.1) is 11.2 Å². The maximum absolute atomic E-state index is 13.2. The summed E-state index contributed by atoms with van der Waals surface area (Å²) < 4.78 is 44.9. The molecular weight excluding hydrogens is 482 g/mol. The van der Waals surface area contributed by atoms with Crippen molar-refractivity contribution in [3.63, 3.8) is 0 Å². The molecule has 1 aromatic heterocycles. The first-order valence-corrected chi connectivity index (χ1v) is 11.0. The number of benzene rings is 2. The van der Waals surface area contributed by atoms with E-state index in [1.54, 1.807) is 28.0 Å². The van der Waals surface area contributed by atoms with E-state index in [0.717, 1.165) is 17.3 Å². The number of anilines is 1. The highest BCUT2D eigenvalue weighted by atomic mass is 19.4. The first kappa shape index (κ1) is 25.1. The fraction of sp³-hybridized carbons (Fsp3) is 0.280. The summed E-state index contributed by atoms with van der Waals surface area (Å²) in [5.74, 6) is -3.15. The molecule has 2 aromatic carbocycles. The van der Waals surface area contributed by atoms with E-state index < -0.39 is 12.1 Å². The van der Waals surface area contributed by atoms with Crippen molar-refractivity contribution in [2.45, 2.75) is 19.0 Å². The molecule has 3 aromatic rings. The maximum atomic E-state index is 13.2. The van der Waals surface area contributed by atoms with E-state index in [1.807, 2.05) is 30.3 Å². The molecule has 11 heteroatoms. The number of fused-ring (bicyclic) bond motifs is 1. The van der Waals surface area contributed by atoms with E-state index in [-0.39, 0.29) is 23.0 Å². The quantitative estimate of drug-likeness (QED) is 0.528. The molecule has 0 saturated carbocycles. The van der Waals surface area contributed by atoms with Crippen LogP contribution in [0.5, 0.6) is 0 Å². The summed E-state index contributed by atoms with van der Waals surface area (Å²) in [6, 6.07) is 17.4. The maximum Gasteiger partial charge on any atom is 0.490 e. The summed E-state index contributed by atoms with van der Waals surface area (Å²) >= 11 is 0. The van der Waals surface area contributed by atoms with Crippen molar-refractivity contribution >= 4 is 34.4 Å². The fourth-order valence-electron chi connectivity index (χ4n) is 4.48. The van der Waals surface area contributed by atoms with Crippen LogP contribution in [-0.2, 0) is 9.59 Å². The summed E-state index contributed by atoms with van der Waals surface area (Å²) in [6.07, 6.45) is -3.91. The van der Waals surface area contributed by atoms with Gasteiger partial charge >= 0.3 is 12.1 Å². The van der Waals surface area contributed by atoms with E-state index in [4.69, 9.17) is 9.90 Å². The number of rotatable bonds is 2. The molecule has 2 fully saturated rings. The van der Waals surface area contributed by atoms with E-state index in [0.29, 0.717) is 37.4 Å². The van der Waals surface area contributed by atoms with Gasteiger partial charge in [0, 0.05) is 42.5 Å². The Kier molecular flexibility index (Phi) is 6.66. The topological polar surface area (TPSA) is 90.8 Å². The van der Waals surface area contributed by atoms with Crippen molar-refractivity contribution < 1.29 is 37.1 Å². The predicted octanol–water partition coefficient (Wildman–Crippen LogP) is 4.28. The Labute approximate surface area is 202 Å². The van der Waals surface area contributed by atoms with Gasteiger partial charge in [0.25, 0.3) is 5.91 Å². The predicted molar refractivity (Wildman–Crippen MR) is 122 cm³/mol. The van der Waals surface area contributed by atoms with Gasteiger partial charge in [-0.1, -0.05) is 24.3 Å². The number of amides is 2. The zero-order valence-corrected chi connectivity index (χ0v) is 18.8. The van der Waals surface area contributed by atoms with Crippen molar-refractivity contribution in [2.24, 2.45) is 5.41 Å². The van der Waals surface area contributed by atoms with Crippen LogP contribution in [0.1, 0.15) is 23.3 Å². The lowest BCUT2D eigenvalue weighted by atomic mass is 9.86. The van der Waals surface area contributed by atoms with Crippen molar-refractivity contribution in [1.29, 1.82) is 0 Å². The van der Waals surface area contributed by atoms with E-state index in [9.17, 15) is 27.2 Å². The molecule has 0 aliphatic carbocycles. The number of carbonyl (C=O) groups excluding carboxylic acids is 2. The molecule has 1 unspecified atom stereocenters.